The Kier molecular flexibility index (Phi) is 4.03. The summed E-state index contributed by atoms with van der Waals surface area (Å²) in [7, 11) is 0. The Balaban J connectivity index is 1.81. The van der Waals surface area contributed by atoms with E-state index in [1.807, 2.05) is 23.5 Å². The van der Waals surface area contributed by atoms with Gasteiger partial charge in [0.05, 0.1) is 10.9 Å². The highest BCUT2D eigenvalue weighted by Crippen LogP contribution is 2.43. The molecule has 3 atom stereocenters. The first-order valence-corrected chi connectivity index (χ1v) is 8.73. The monoisotopic (exact) mass is 323 g/mol. The van der Waals surface area contributed by atoms with Crippen LogP contribution >= 0.6 is 23.5 Å². The van der Waals surface area contributed by atoms with Crippen molar-refractivity contribution < 1.29 is 9.63 Å². The summed E-state index contributed by atoms with van der Waals surface area (Å²) < 4.78 is 5.34. The Morgan fingerprint density at radius 2 is 2.14 bits per heavy atom. The largest absolute Gasteiger partial charge is 0.506 e. The third-order valence-corrected chi connectivity index (χ3v) is 6.94. The molecule has 1 aromatic carbocycles. The first-order valence-electron chi connectivity index (χ1n) is 6.74. The molecule has 3 N–H and O–H groups in total. The number of nitrogen functional groups attached to an aromatic ring is 1. The van der Waals surface area contributed by atoms with Gasteiger partial charge in [-0.1, -0.05) is 19.0 Å². The van der Waals surface area contributed by atoms with Crippen molar-refractivity contribution in [3.8, 4) is 17.2 Å². The van der Waals surface area contributed by atoms with Gasteiger partial charge in [-0.05, 0) is 18.2 Å². The lowest BCUT2D eigenvalue weighted by atomic mass is 10.2. The Labute approximate surface area is 131 Å². The maximum atomic E-state index is 9.46. The van der Waals surface area contributed by atoms with Gasteiger partial charge in [0.25, 0.3) is 5.89 Å². The molecule has 112 valence electrons. The highest BCUT2D eigenvalue weighted by Gasteiger charge is 2.30. The zero-order valence-electron chi connectivity index (χ0n) is 11.8. The summed E-state index contributed by atoms with van der Waals surface area (Å²) in [6, 6.07) is 4.89. The fourth-order valence-corrected chi connectivity index (χ4v) is 4.92. The second-order valence-corrected chi connectivity index (χ2v) is 8.09. The van der Waals surface area contributed by atoms with E-state index in [1.54, 1.807) is 12.1 Å². The second-order valence-electron chi connectivity index (χ2n) is 5.10. The number of thioether (sulfide) groups is 2. The molecule has 7 heteroatoms. The fourth-order valence-electron chi connectivity index (χ4n) is 2.09. The maximum absolute atomic E-state index is 9.46. The molecular weight excluding hydrogens is 306 g/mol. The van der Waals surface area contributed by atoms with Crippen molar-refractivity contribution >= 4 is 29.2 Å². The minimum atomic E-state index is 0.0561. The van der Waals surface area contributed by atoms with Crippen LogP contribution in [-0.4, -0.2) is 31.5 Å². The van der Waals surface area contributed by atoms with Crippen LogP contribution in [0.3, 0.4) is 0 Å². The fraction of sp³-hybridized carbons (Fsp3) is 0.429. The van der Waals surface area contributed by atoms with Crippen LogP contribution in [0.4, 0.5) is 5.69 Å². The van der Waals surface area contributed by atoms with Gasteiger partial charge in [0.2, 0.25) is 0 Å². The number of hydrogen-bond acceptors (Lipinski definition) is 7. The van der Waals surface area contributed by atoms with E-state index in [-0.39, 0.29) is 11.0 Å². The number of phenols is 1. The number of benzene rings is 1. The van der Waals surface area contributed by atoms with Gasteiger partial charge in [0.1, 0.15) is 5.75 Å². The van der Waals surface area contributed by atoms with Crippen molar-refractivity contribution in [1.82, 2.24) is 10.1 Å². The van der Waals surface area contributed by atoms with E-state index in [4.69, 9.17) is 10.3 Å². The van der Waals surface area contributed by atoms with Gasteiger partial charge in [-0.2, -0.15) is 16.7 Å². The lowest BCUT2D eigenvalue weighted by Crippen LogP contribution is -2.22. The number of phenolic OH excluding ortho intramolecular Hbond substituents is 1. The summed E-state index contributed by atoms with van der Waals surface area (Å²) in [5, 5.41) is 15.0. The molecular formula is C14H17N3O2S2. The number of rotatable bonds is 2. The van der Waals surface area contributed by atoms with Crippen molar-refractivity contribution in [3.05, 3.63) is 24.0 Å². The van der Waals surface area contributed by atoms with Crippen molar-refractivity contribution in [2.45, 2.75) is 29.6 Å². The number of nitrogens with two attached hydrogens (primary N) is 1. The first-order chi connectivity index (χ1) is 10.0. The van der Waals surface area contributed by atoms with Crippen LogP contribution in [0.1, 0.15) is 24.9 Å². The van der Waals surface area contributed by atoms with Crippen molar-refractivity contribution in [3.63, 3.8) is 0 Å². The molecule has 1 aliphatic rings. The number of aromatic hydroxyl groups is 1. The Hall–Kier alpha value is -1.34. The molecule has 0 amide bonds. The highest BCUT2D eigenvalue weighted by molar-refractivity contribution is 8.07. The van der Waals surface area contributed by atoms with Crippen LogP contribution < -0.4 is 5.73 Å². The Morgan fingerprint density at radius 1 is 1.33 bits per heavy atom. The zero-order valence-corrected chi connectivity index (χ0v) is 13.4. The van der Waals surface area contributed by atoms with Gasteiger partial charge >= 0.3 is 0 Å². The molecule has 1 fully saturated rings. The number of aromatic nitrogens is 2. The average Bonchev–Trinajstić information content (AvgIpc) is 2.94. The number of hydrogen-bond donors (Lipinski definition) is 2. The third-order valence-electron chi connectivity index (χ3n) is 3.55. The van der Waals surface area contributed by atoms with Crippen LogP contribution in [0, 0.1) is 0 Å². The minimum absolute atomic E-state index is 0.0561. The molecule has 21 heavy (non-hydrogen) atoms. The van der Waals surface area contributed by atoms with E-state index in [0.29, 0.717) is 22.1 Å². The predicted molar refractivity (Wildman–Crippen MR) is 87.5 cm³/mol. The molecule has 0 spiro atoms. The van der Waals surface area contributed by atoms with Crippen molar-refractivity contribution in [2.24, 2.45) is 0 Å². The van der Waals surface area contributed by atoms with Crippen molar-refractivity contribution in [2.75, 3.05) is 11.5 Å². The van der Waals surface area contributed by atoms with Crippen LogP contribution in [0.25, 0.3) is 11.5 Å². The van der Waals surface area contributed by atoms with Crippen LogP contribution in [0.15, 0.2) is 22.7 Å². The molecule has 1 saturated heterocycles. The Bertz CT molecular complexity index is 647. The van der Waals surface area contributed by atoms with Crippen LogP contribution in [0.5, 0.6) is 5.75 Å². The van der Waals surface area contributed by atoms with Gasteiger partial charge in [-0.15, -0.1) is 11.8 Å². The summed E-state index contributed by atoms with van der Waals surface area (Å²) >= 11 is 3.83. The molecule has 3 rings (SSSR count). The average molecular weight is 323 g/mol. The molecule has 0 bridgehead atoms. The highest BCUT2D eigenvalue weighted by atomic mass is 32.2. The quantitative estimate of drug-likeness (QED) is 0.647. The van der Waals surface area contributed by atoms with E-state index < -0.39 is 0 Å². The number of anilines is 1. The molecule has 3 unspecified atom stereocenters. The first kappa shape index (κ1) is 14.6. The number of nitrogens with zero attached hydrogens (tertiary/aromatic N) is 2. The van der Waals surface area contributed by atoms with Gasteiger partial charge in [0.15, 0.2) is 5.82 Å². The molecule has 0 radical (unpaired) electrons. The van der Waals surface area contributed by atoms with Crippen LogP contribution in [-0.2, 0) is 0 Å². The standard InChI is InChI=1S/C14H17N3O2S2/c1-7-8(2)21-12(6-20-7)13-16-14(19-17-13)9-3-4-11(18)10(15)5-9/h3-5,7-8,12,18H,6,15H2,1-2H3. The molecule has 0 aliphatic carbocycles. The van der Waals surface area contributed by atoms with E-state index in [0.717, 1.165) is 17.1 Å². The molecule has 2 aromatic rings. The summed E-state index contributed by atoms with van der Waals surface area (Å²) in [6.07, 6.45) is 0. The van der Waals surface area contributed by atoms with Gasteiger partial charge < -0.3 is 15.4 Å². The Morgan fingerprint density at radius 3 is 2.86 bits per heavy atom. The summed E-state index contributed by atoms with van der Waals surface area (Å²) in [5.74, 6) is 2.22. The maximum Gasteiger partial charge on any atom is 0.258 e. The molecule has 1 aliphatic heterocycles. The summed E-state index contributed by atoms with van der Waals surface area (Å²) in [6.45, 7) is 4.48. The molecule has 0 saturated carbocycles. The van der Waals surface area contributed by atoms with Gasteiger partial charge in [-0.25, -0.2) is 0 Å². The normalized spacial score (nSPS) is 25.9. The second kappa shape index (κ2) is 5.81. The lowest BCUT2D eigenvalue weighted by molar-refractivity contribution is 0.423. The summed E-state index contributed by atoms with van der Waals surface area (Å²) in [4.78, 5) is 4.49. The van der Waals surface area contributed by atoms with Crippen molar-refractivity contribution in [1.29, 1.82) is 0 Å². The van der Waals surface area contributed by atoms with Crippen LogP contribution in [0.2, 0.25) is 0 Å². The summed E-state index contributed by atoms with van der Waals surface area (Å²) in [5.41, 5.74) is 6.72. The van der Waals surface area contributed by atoms with E-state index in [1.165, 1.54) is 6.07 Å². The minimum Gasteiger partial charge on any atom is -0.506 e. The topological polar surface area (TPSA) is 85.2 Å². The van der Waals surface area contributed by atoms with E-state index in [2.05, 4.69) is 24.0 Å². The molecule has 5 nitrogen and oxygen atoms in total. The molecule has 1 aromatic heterocycles. The van der Waals surface area contributed by atoms with E-state index in [9.17, 15) is 5.11 Å². The van der Waals surface area contributed by atoms with Gasteiger partial charge in [0, 0.05) is 21.8 Å². The van der Waals surface area contributed by atoms with E-state index >= 15 is 0 Å². The third kappa shape index (κ3) is 2.98. The lowest BCUT2D eigenvalue weighted by Gasteiger charge is -2.29. The van der Waals surface area contributed by atoms with Gasteiger partial charge in [-0.3, -0.25) is 0 Å². The SMILES string of the molecule is CC1SCC(c2noc(-c3ccc(O)c(N)c3)n2)SC1C. The zero-order chi connectivity index (χ0) is 15.0. The molecule has 2 heterocycles. The predicted octanol–water partition coefficient (Wildman–Crippen LogP) is 3.32. The smallest absolute Gasteiger partial charge is 0.258 e.